The Morgan fingerprint density at radius 1 is 0.739 bits per heavy atom. The summed E-state index contributed by atoms with van der Waals surface area (Å²) in [5.41, 5.74) is 7.49. The zero-order chi connectivity index (χ0) is 16.8. The molecule has 0 aliphatic heterocycles. The molecule has 2 nitrogen and oxygen atoms in total. The van der Waals surface area contributed by atoms with Gasteiger partial charge in [0.1, 0.15) is 0 Å². The maximum Gasteiger partial charge on any atom is 0.0386 e. The predicted molar refractivity (Wildman–Crippen MR) is 102 cm³/mol. The lowest BCUT2D eigenvalue weighted by Crippen LogP contribution is -1.98. The molecule has 0 amide bonds. The van der Waals surface area contributed by atoms with E-state index >= 15 is 0 Å². The first-order valence-electron chi connectivity index (χ1n) is 7.68. The van der Waals surface area contributed by atoms with Gasteiger partial charge in [-0.2, -0.15) is 0 Å². The Hall–Kier alpha value is -2.74. The van der Waals surface area contributed by atoms with Crippen molar-refractivity contribution in [1.82, 2.24) is 0 Å². The Morgan fingerprint density at radius 3 is 1.83 bits per heavy atom. The summed E-state index contributed by atoms with van der Waals surface area (Å²) >= 11 is 0. The SMILES string of the molecule is C=C(/C=C\C(=C)Nc1ccc(C)c(C)c1)Nc1ccc(C)cc1. The molecule has 0 atom stereocenters. The highest BCUT2D eigenvalue weighted by Crippen LogP contribution is 2.16. The number of nitrogens with one attached hydrogen (secondary N) is 2. The predicted octanol–water partition coefficient (Wildman–Crippen LogP) is 5.72. The third-order valence-electron chi connectivity index (χ3n) is 3.65. The van der Waals surface area contributed by atoms with Crippen molar-refractivity contribution in [3.05, 3.63) is 95.9 Å². The molecule has 0 fully saturated rings. The van der Waals surface area contributed by atoms with Crippen molar-refractivity contribution in [1.29, 1.82) is 0 Å². The fraction of sp³-hybridized carbons (Fsp3) is 0.143. The lowest BCUT2D eigenvalue weighted by molar-refractivity contribution is 1.33. The molecule has 118 valence electrons. The van der Waals surface area contributed by atoms with Crippen LogP contribution in [-0.2, 0) is 0 Å². The zero-order valence-electron chi connectivity index (χ0n) is 14.1. The lowest BCUT2D eigenvalue weighted by Gasteiger charge is -2.09. The third-order valence-corrected chi connectivity index (χ3v) is 3.65. The standard InChI is InChI=1S/C21H24N2/c1-15-6-11-20(12-7-15)22-18(4)9-10-19(5)23-21-13-8-16(2)17(3)14-21/h6-14,22-23H,4-5H2,1-3H3/b10-9-. The minimum Gasteiger partial charge on any atom is -0.356 e. The number of anilines is 2. The van der Waals surface area contributed by atoms with Crippen molar-refractivity contribution in [3.63, 3.8) is 0 Å². The normalized spacial score (nSPS) is 10.6. The van der Waals surface area contributed by atoms with Crippen LogP contribution in [-0.4, -0.2) is 0 Å². The van der Waals surface area contributed by atoms with Crippen LogP contribution in [0.25, 0.3) is 0 Å². The molecule has 0 aromatic heterocycles. The molecule has 2 rings (SSSR count). The zero-order valence-corrected chi connectivity index (χ0v) is 14.1. The highest BCUT2D eigenvalue weighted by Gasteiger charge is 1.97. The van der Waals surface area contributed by atoms with E-state index in [9.17, 15) is 0 Å². The van der Waals surface area contributed by atoms with Gasteiger partial charge in [-0.3, -0.25) is 0 Å². The largest absolute Gasteiger partial charge is 0.356 e. The van der Waals surface area contributed by atoms with Gasteiger partial charge in [-0.05, 0) is 68.3 Å². The van der Waals surface area contributed by atoms with Crippen LogP contribution < -0.4 is 10.6 Å². The van der Waals surface area contributed by atoms with E-state index in [0.29, 0.717) is 0 Å². The summed E-state index contributed by atoms with van der Waals surface area (Å²) in [7, 11) is 0. The summed E-state index contributed by atoms with van der Waals surface area (Å²) in [4.78, 5) is 0. The maximum absolute atomic E-state index is 4.03. The van der Waals surface area contributed by atoms with E-state index in [1.807, 2.05) is 24.3 Å². The molecule has 0 aliphatic carbocycles. The lowest BCUT2D eigenvalue weighted by atomic mass is 10.1. The highest BCUT2D eigenvalue weighted by molar-refractivity contribution is 5.55. The smallest absolute Gasteiger partial charge is 0.0386 e. The summed E-state index contributed by atoms with van der Waals surface area (Å²) in [6.07, 6.45) is 3.83. The molecular weight excluding hydrogens is 280 g/mol. The van der Waals surface area contributed by atoms with Crippen molar-refractivity contribution >= 4 is 11.4 Å². The van der Waals surface area contributed by atoms with Crippen molar-refractivity contribution in [2.75, 3.05) is 10.6 Å². The second-order valence-corrected chi connectivity index (χ2v) is 5.80. The first-order valence-corrected chi connectivity index (χ1v) is 7.68. The second kappa shape index (κ2) is 7.50. The van der Waals surface area contributed by atoms with Crippen LogP contribution in [0.4, 0.5) is 11.4 Å². The van der Waals surface area contributed by atoms with E-state index in [2.05, 4.69) is 74.9 Å². The van der Waals surface area contributed by atoms with Gasteiger partial charge >= 0.3 is 0 Å². The second-order valence-electron chi connectivity index (χ2n) is 5.80. The van der Waals surface area contributed by atoms with Crippen molar-refractivity contribution < 1.29 is 0 Å². The van der Waals surface area contributed by atoms with Crippen LogP contribution in [0.1, 0.15) is 16.7 Å². The summed E-state index contributed by atoms with van der Waals surface area (Å²) in [6, 6.07) is 14.5. The van der Waals surface area contributed by atoms with Gasteiger partial charge in [-0.25, -0.2) is 0 Å². The molecule has 23 heavy (non-hydrogen) atoms. The quantitative estimate of drug-likeness (QED) is 0.667. The van der Waals surface area contributed by atoms with Gasteiger partial charge in [-0.1, -0.05) is 36.9 Å². The van der Waals surface area contributed by atoms with E-state index in [0.717, 1.165) is 22.8 Å². The van der Waals surface area contributed by atoms with Gasteiger partial charge in [0.25, 0.3) is 0 Å². The van der Waals surface area contributed by atoms with Crippen molar-refractivity contribution in [2.45, 2.75) is 20.8 Å². The number of hydrogen-bond acceptors (Lipinski definition) is 2. The molecule has 0 unspecified atom stereocenters. The maximum atomic E-state index is 4.03. The van der Waals surface area contributed by atoms with E-state index in [-0.39, 0.29) is 0 Å². The fourth-order valence-electron chi connectivity index (χ4n) is 2.11. The first kappa shape index (κ1) is 16.6. The Balaban J connectivity index is 1.90. The van der Waals surface area contributed by atoms with Crippen LogP contribution in [0.15, 0.2) is 79.2 Å². The summed E-state index contributed by atoms with van der Waals surface area (Å²) in [5.74, 6) is 0. The van der Waals surface area contributed by atoms with Gasteiger partial charge in [0.05, 0.1) is 0 Å². The van der Waals surface area contributed by atoms with Crippen molar-refractivity contribution in [3.8, 4) is 0 Å². The van der Waals surface area contributed by atoms with Crippen LogP contribution >= 0.6 is 0 Å². The molecule has 2 aromatic carbocycles. The molecule has 0 heterocycles. The number of benzene rings is 2. The van der Waals surface area contributed by atoms with E-state index in [1.54, 1.807) is 0 Å². The van der Waals surface area contributed by atoms with E-state index in [4.69, 9.17) is 0 Å². The molecule has 0 bridgehead atoms. The third kappa shape index (κ3) is 5.19. The Kier molecular flexibility index (Phi) is 5.42. The molecule has 2 N–H and O–H groups in total. The molecule has 0 saturated carbocycles. The van der Waals surface area contributed by atoms with Crippen LogP contribution in [0.3, 0.4) is 0 Å². The fourth-order valence-corrected chi connectivity index (χ4v) is 2.11. The van der Waals surface area contributed by atoms with Gasteiger partial charge in [0.15, 0.2) is 0 Å². The molecule has 0 radical (unpaired) electrons. The van der Waals surface area contributed by atoms with E-state index < -0.39 is 0 Å². The minimum atomic E-state index is 0.817. The van der Waals surface area contributed by atoms with Gasteiger partial charge in [-0.15, -0.1) is 0 Å². The summed E-state index contributed by atoms with van der Waals surface area (Å²) in [5, 5.41) is 6.54. The number of aryl methyl sites for hydroxylation is 3. The van der Waals surface area contributed by atoms with Gasteiger partial charge in [0, 0.05) is 22.8 Å². The summed E-state index contributed by atoms with van der Waals surface area (Å²) < 4.78 is 0. The molecule has 0 spiro atoms. The Bertz CT molecular complexity index is 737. The van der Waals surface area contributed by atoms with Gasteiger partial charge < -0.3 is 10.6 Å². The molecule has 0 aliphatic rings. The number of allylic oxidation sites excluding steroid dienone is 2. The Morgan fingerprint density at radius 2 is 1.26 bits per heavy atom. The molecular formula is C21H24N2. The molecule has 2 heteroatoms. The van der Waals surface area contributed by atoms with E-state index in [1.165, 1.54) is 16.7 Å². The van der Waals surface area contributed by atoms with Crippen LogP contribution in [0.2, 0.25) is 0 Å². The average molecular weight is 304 g/mol. The van der Waals surface area contributed by atoms with Crippen molar-refractivity contribution in [2.24, 2.45) is 0 Å². The topological polar surface area (TPSA) is 24.1 Å². The first-order chi connectivity index (χ1) is 10.9. The molecule has 2 aromatic rings. The highest BCUT2D eigenvalue weighted by atomic mass is 14.9. The van der Waals surface area contributed by atoms with Crippen LogP contribution in [0, 0.1) is 20.8 Å². The average Bonchev–Trinajstić information content (AvgIpc) is 2.51. The van der Waals surface area contributed by atoms with Crippen LogP contribution in [0.5, 0.6) is 0 Å². The summed E-state index contributed by atoms with van der Waals surface area (Å²) in [6.45, 7) is 14.3. The molecule has 0 saturated heterocycles. The minimum absolute atomic E-state index is 0.817. The number of hydrogen-bond donors (Lipinski definition) is 2. The number of rotatable bonds is 6. The monoisotopic (exact) mass is 304 g/mol. The Labute approximate surface area is 139 Å². The van der Waals surface area contributed by atoms with Gasteiger partial charge in [0.2, 0.25) is 0 Å².